The van der Waals surface area contributed by atoms with E-state index >= 15 is 0 Å². The van der Waals surface area contributed by atoms with Crippen molar-refractivity contribution < 1.29 is 9.21 Å². The Morgan fingerprint density at radius 2 is 2.21 bits per heavy atom. The van der Waals surface area contributed by atoms with Gasteiger partial charge in [0.1, 0.15) is 12.2 Å². The highest BCUT2D eigenvalue weighted by molar-refractivity contribution is 5.75. The molecule has 2 aromatic heterocycles. The van der Waals surface area contributed by atoms with Gasteiger partial charge in [-0.1, -0.05) is 12.2 Å². The van der Waals surface area contributed by atoms with Crippen LogP contribution in [0.2, 0.25) is 0 Å². The van der Waals surface area contributed by atoms with Gasteiger partial charge in [-0.3, -0.25) is 9.59 Å². The predicted molar refractivity (Wildman–Crippen MR) is 88.1 cm³/mol. The number of carbonyl (C=O) groups is 1. The first-order valence-electron chi connectivity index (χ1n) is 8.26. The van der Waals surface area contributed by atoms with Gasteiger partial charge in [-0.2, -0.15) is 5.10 Å². The highest BCUT2D eigenvalue weighted by Crippen LogP contribution is 2.42. The molecule has 0 aliphatic heterocycles. The maximum absolute atomic E-state index is 12.2. The van der Waals surface area contributed by atoms with Crippen LogP contribution in [0.3, 0.4) is 0 Å². The summed E-state index contributed by atoms with van der Waals surface area (Å²) in [5.41, 5.74) is 0.231. The highest BCUT2D eigenvalue weighted by Gasteiger charge is 2.35. The summed E-state index contributed by atoms with van der Waals surface area (Å²) < 4.78 is 6.45. The average Bonchev–Trinajstić information content (AvgIpc) is 3.32. The summed E-state index contributed by atoms with van der Waals surface area (Å²) >= 11 is 0. The zero-order valence-corrected chi connectivity index (χ0v) is 13.2. The molecule has 0 unspecified atom stereocenters. The number of allylic oxidation sites excluding steroid dienone is 2. The van der Waals surface area contributed by atoms with Crippen LogP contribution in [0, 0.1) is 17.8 Å². The Labute approximate surface area is 139 Å². The van der Waals surface area contributed by atoms with Crippen molar-refractivity contribution in [3.8, 4) is 11.5 Å². The van der Waals surface area contributed by atoms with Gasteiger partial charge in [0.2, 0.25) is 5.91 Å². The molecule has 0 spiro atoms. The lowest BCUT2D eigenvalue weighted by atomic mass is 9.94. The number of nitrogens with zero attached hydrogens (tertiary/aromatic N) is 2. The summed E-state index contributed by atoms with van der Waals surface area (Å²) in [6, 6.07) is 6.51. The molecular weight excluding hydrogens is 306 g/mol. The van der Waals surface area contributed by atoms with Gasteiger partial charge in [0.15, 0.2) is 5.76 Å². The van der Waals surface area contributed by atoms with E-state index in [2.05, 4.69) is 22.6 Å². The van der Waals surface area contributed by atoms with E-state index in [0.717, 1.165) is 6.42 Å². The first kappa shape index (κ1) is 14.9. The smallest absolute Gasteiger partial charge is 0.267 e. The summed E-state index contributed by atoms with van der Waals surface area (Å²) in [6.45, 7) is 0.584. The summed E-state index contributed by atoms with van der Waals surface area (Å²) in [5.74, 6) is 2.18. The summed E-state index contributed by atoms with van der Waals surface area (Å²) in [4.78, 5) is 24.1. The molecule has 124 valence electrons. The fourth-order valence-corrected chi connectivity index (χ4v) is 3.68. The van der Waals surface area contributed by atoms with Crippen molar-refractivity contribution in [3.63, 3.8) is 0 Å². The molecule has 0 aromatic carbocycles. The van der Waals surface area contributed by atoms with E-state index in [-0.39, 0.29) is 18.0 Å². The zero-order valence-electron chi connectivity index (χ0n) is 13.2. The number of aromatic nitrogens is 2. The first-order chi connectivity index (χ1) is 11.7. The normalized spacial score (nSPS) is 24.4. The number of carbonyl (C=O) groups excluding carboxylic acids is 1. The van der Waals surface area contributed by atoms with E-state index in [9.17, 15) is 9.59 Å². The Hall–Kier alpha value is -2.63. The molecule has 0 saturated heterocycles. The van der Waals surface area contributed by atoms with Crippen LogP contribution in [0.5, 0.6) is 0 Å². The van der Waals surface area contributed by atoms with Gasteiger partial charge < -0.3 is 9.73 Å². The van der Waals surface area contributed by atoms with Crippen molar-refractivity contribution in [2.75, 3.05) is 6.54 Å². The third-order valence-corrected chi connectivity index (χ3v) is 4.91. The number of rotatable bonds is 5. The Kier molecular flexibility index (Phi) is 3.80. The summed E-state index contributed by atoms with van der Waals surface area (Å²) in [5, 5.41) is 7.15. The van der Waals surface area contributed by atoms with Gasteiger partial charge >= 0.3 is 0 Å². The van der Waals surface area contributed by atoms with Crippen LogP contribution in [0.1, 0.15) is 12.8 Å². The molecule has 4 rings (SSSR count). The van der Waals surface area contributed by atoms with E-state index in [0.29, 0.717) is 35.8 Å². The van der Waals surface area contributed by atoms with Crippen LogP contribution in [0.4, 0.5) is 0 Å². The SMILES string of the molecule is O=C(Cn1nc(-c2ccco2)ccc1=O)NC[C@H]1C[C@H]2C=C[C@H]1C2. The lowest BCUT2D eigenvalue weighted by Crippen LogP contribution is -2.36. The standard InChI is InChI=1S/C18H19N3O3/c22-17(19-10-14-9-12-3-4-13(14)8-12)11-21-18(23)6-5-15(20-21)16-2-1-7-24-16/h1-7,12-14H,8-11H2,(H,19,22)/t12-,13-,14+/m0/s1. The molecule has 24 heavy (non-hydrogen) atoms. The molecule has 2 bridgehead atoms. The van der Waals surface area contributed by atoms with Crippen LogP contribution in [0.25, 0.3) is 11.5 Å². The van der Waals surface area contributed by atoms with Crippen molar-refractivity contribution in [2.24, 2.45) is 17.8 Å². The maximum atomic E-state index is 12.2. The molecule has 2 aromatic rings. The van der Waals surface area contributed by atoms with E-state index in [1.54, 1.807) is 24.5 Å². The molecule has 6 nitrogen and oxygen atoms in total. The van der Waals surface area contributed by atoms with Gasteiger partial charge in [0.05, 0.1) is 6.26 Å². The number of hydrogen-bond donors (Lipinski definition) is 1. The largest absolute Gasteiger partial charge is 0.463 e. The zero-order chi connectivity index (χ0) is 16.5. The third-order valence-electron chi connectivity index (χ3n) is 4.91. The third kappa shape index (κ3) is 2.91. The van der Waals surface area contributed by atoms with Crippen LogP contribution >= 0.6 is 0 Å². The molecular formula is C18H19N3O3. The van der Waals surface area contributed by atoms with Crippen molar-refractivity contribution in [1.29, 1.82) is 0 Å². The van der Waals surface area contributed by atoms with Gasteiger partial charge in [0.25, 0.3) is 5.56 Å². The molecule has 2 heterocycles. The second kappa shape index (κ2) is 6.11. The minimum Gasteiger partial charge on any atom is -0.463 e. The molecule has 2 aliphatic carbocycles. The minimum atomic E-state index is -0.302. The summed E-state index contributed by atoms with van der Waals surface area (Å²) in [7, 11) is 0. The topological polar surface area (TPSA) is 77.1 Å². The molecule has 1 amide bonds. The number of furan rings is 1. The van der Waals surface area contributed by atoms with Crippen LogP contribution in [-0.2, 0) is 11.3 Å². The number of hydrogen-bond acceptors (Lipinski definition) is 4. The van der Waals surface area contributed by atoms with E-state index in [1.165, 1.54) is 17.2 Å². The van der Waals surface area contributed by atoms with Crippen LogP contribution in [-0.4, -0.2) is 22.2 Å². The second-order valence-electron chi connectivity index (χ2n) is 6.54. The highest BCUT2D eigenvalue weighted by atomic mass is 16.3. The van der Waals surface area contributed by atoms with Gasteiger partial charge in [0, 0.05) is 12.6 Å². The van der Waals surface area contributed by atoms with Crippen molar-refractivity contribution in [3.05, 3.63) is 53.0 Å². The van der Waals surface area contributed by atoms with E-state index in [1.807, 2.05) is 0 Å². The van der Waals surface area contributed by atoms with Gasteiger partial charge in [-0.25, -0.2) is 4.68 Å². The number of fused-ring (bicyclic) bond motifs is 2. The predicted octanol–water partition coefficient (Wildman–Crippen LogP) is 1.83. The van der Waals surface area contributed by atoms with E-state index in [4.69, 9.17) is 4.42 Å². The minimum absolute atomic E-state index is 0.0793. The van der Waals surface area contributed by atoms with Gasteiger partial charge in [-0.05, 0) is 48.8 Å². The Balaban J connectivity index is 1.39. The van der Waals surface area contributed by atoms with Crippen LogP contribution < -0.4 is 10.9 Å². The lowest BCUT2D eigenvalue weighted by Gasteiger charge is -2.18. The van der Waals surface area contributed by atoms with E-state index < -0.39 is 0 Å². The molecule has 3 atom stereocenters. The van der Waals surface area contributed by atoms with Crippen LogP contribution in [0.15, 0.2) is 51.9 Å². The fraction of sp³-hybridized carbons (Fsp3) is 0.389. The second-order valence-corrected chi connectivity index (χ2v) is 6.54. The van der Waals surface area contributed by atoms with Crippen molar-refractivity contribution >= 4 is 5.91 Å². The maximum Gasteiger partial charge on any atom is 0.267 e. The molecule has 1 N–H and O–H groups in total. The van der Waals surface area contributed by atoms with Crippen molar-refractivity contribution in [1.82, 2.24) is 15.1 Å². The number of nitrogens with one attached hydrogen (secondary N) is 1. The van der Waals surface area contributed by atoms with Crippen molar-refractivity contribution in [2.45, 2.75) is 19.4 Å². The Morgan fingerprint density at radius 3 is 2.92 bits per heavy atom. The lowest BCUT2D eigenvalue weighted by molar-refractivity contribution is -0.122. The first-order valence-corrected chi connectivity index (χ1v) is 8.26. The molecule has 1 saturated carbocycles. The Bertz CT molecular complexity index is 822. The average molecular weight is 325 g/mol. The summed E-state index contributed by atoms with van der Waals surface area (Å²) in [6.07, 6.45) is 8.46. The Morgan fingerprint density at radius 1 is 1.29 bits per heavy atom. The monoisotopic (exact) mass is 325 g/mol. The molecule has 1 fully saturated rings. The molecule has 0 radical (unpaired) electrons. The quantitative estimate of drug-likeness (QED) is 0.851. The molecule has 6 heteroatoms. The van der Waals surface area contributed by atoms with Gasteiger partial charge in [-0.15, -0.1) is 0 Å². The number of amides is 1. The fourth-order valence-electron chi connectivity index (χ4n) is 3.68. The molecule has 2 aliphatic rings.